The van der Waals surface area contributed by atoms with Gasteiger partial charge >= 0.3 is 21.3 Å². The van der Waals surface area contributed by atoms with Crippen LogP contribution in [-0.2, 0) is 37.8 Å². The number of anilines is 2. The summed E-state index contributed by atoms with van der Waals surface area (Å²) in [6.45, 7) is 7.35. The molecule has 0 saturated carbocycles. The van der Waals surface area contributed by atoms with Crippen molar-refractivity contribution >= 4 is 27.0 Å². The second-order valence-electron chi connectivity index (χ2n) is 14.2. The fourth-order valence-electron chi connectivity index (χ4n) is 7.13. The van der Waals surface area contributed by atoms with Gasteiger partial charge in [0, 0.05) is 55.1 Å². The average molecular weight is 854 g/mol. The van der Waals surface area contributed by atoms with Gasteiger partial charge in [0.05, 0.1) is 36.6 Å². The Bertz CT molecular complexity index is 2150. The summed E-state index contributed by atoms with van der Waals surface area (Å²) in [6.07, 6.45) is 1.68. The molecule has 2 fully saturated rings. The summed E-state index contributed by atoms with van der Waals surface area (Å²) in [7, 11) is -9.66. The number of aromatic nitrogens is 3. The van der Waals surface area contributed by atoms with Crippen LogP contribution < -0.4 is 20.2 Å². The van der Waals surface area contributed by atoms with E-state index in [4.69, 9.17) is 24.0 Å². The Hall–Kier alpha value is -4.00. The molecule has 3 heterocycles. The van der Waals surface area contributed by atoms with Crippen molar-refractivity contribution in [2.24, 2.45) is 5.92 Å². The lowest BCUT2D eigenvalue weighted by Crippen LogP contribution is -2.46. The molecule has 5 atom stereocenters. The number of hydrogen-bond acceptors (Lipinski definition) is 12. The maximum Gasteiger partial charge on any atom is 0.476 e. The van der Waals surface area contributed by atoms with E-state index in [1.54, 1.807) is 6.92 Å². The monoisotopic (exact) mass is 853 g/mol. The lowest BCUT2D eigenvalue weighted by Gasteiger charge is -2.37. The van der Waals surface area contributed by atoms with E-state index in [1.165, 1.54) is 27.7 Å². The highest BCUT2D eigenvalue weighted by Crippen LogP contribution is 2.45. The Morgan fingerprint density at radius 3 is 2.10 bits per heavy atom. The molecule has 58 heavy (non-hydrogen) atoms. The second-order valence-corrected chi connectivity index (χ2v) is 16.9. The Morgan fingerprint density at radius 1 is 0.897 bits per heavy atom. The number of hydrogen-bond donors (Lipinski definition) is 3. The van der Waals surface area contributed by atoms with E-state index in [-0.39, 0.29) is 5.92 Å². The molecule has 4 aromatic rings. The fourth-order valence-corrected chi connectivity index (χ4v) is 7.86. The van der Waals surface area contributed by atoms with Crippen molar-refractivity contribution in [2.75, 3.05) is 62.8 Å². The minimum Gasteiger partial charge on any atom is -0.493 e. The van der Waals surface area contributed by atoms with Gasteiger partial charge in [0.1, 0.15) is 23.7 Å². The van der Waals surface area contributed by atoms with Gasteiger partial charge in [-0.2, -0.15) is 5.10 Å². The molecule has 2 aliphatic heterocycles. The molecule has 17 nitrogen and oxygen atoms in total. The summed E-state index contributed by atoms with van der Waals surface area (Å²) in [5.74, 6) is -0.446. The molecule has 3 aromatic carbocycles. The molecule has 1 aromatic heterocycles. The molecule has 2 aliphatic rings. The Morgan fingerprint density at radius 2 is 1.50 bits per heavy atom. The molecule has 0 bridgehead atoms. The summed E-state index contributed by atoms with van der Waals surface area (Å²) in [4.78, 5) is 45.0. The first-order valence-electron chi connectivity index (χ1n) is 18.6. The molecular formula is C37H47F2N5O12P2. The largest absolute Gasteiger partial charge is 0.493 e. The van der Waals surface area contributed by atoms with Crippen LogP contribution in [0.15, 0.2) is 77.9 Å². The zero-order chi connectivity index (χ0) is 41.7. The zero-order valence-corrected chi connectivity index (χ0v) is 33.9. The van der Waals surface area contributed by atoms with Gasteiger partial charge in [0.25, 0.3) is 0 Å². The Balaban J connectivity index is 0.958. The highest BCUT2D eigenvalue weighted by Gasteiger charge is 2.40. The van der Waals surface area contributed by atoms with Crippen molar-refractivity contribution in [1.82, 2.24) is 14.3 Å². The molecule has 3 N–H and O–H groups in total. The van der Waals surface area contributed by atoms with Gasteiger partial charge in [0.15, 0.2) is 13.6 Å². The van der Waals surface area contributed by atoms with Crippen LogP contribution in [0.3, 0.4) is 0 Å². The van der Waals surface area contributed by atoms with Gasteiger partial charge in [-0.15, -0.1) is 0 Å². The second kappa shape index (κ2) is 18.5. The quantitative estimate of drug-likeness (QED) is 0.0840. The lowest BCUT2D eigenvalue weighted by atomic mass is 9.89. The molecule has 0 amide bonds. The maximum absolute atomic E-state index is 14.4. The first kappa shape index (κ1) is 43.6. The van der Waals surface area contributed by atoms with Crippen LogP contribution in [0.5, 0.6) is 5.75 Å². The van der Waals surface area contributed by atoms with E-state index in [2.05, 4.69) is 28.5 Å². The van der Waals surface area contributed by atoms with E-state index in [0.29, 0.717) is 37.3 Å². The van der Waals surface area contributed by atoms with E-state index in [0.717, 1.165) is 49.4 Å². The molecule has 6 rings (SSSR count). The van der Waals surface area contributed by atoms with Crippen LogP contribution in [0.2, 0.25) is 0 Å². The summed E-state index contributed by atoms with van der Waals surface area (Å²) in [6, 6.07) is 18.5. The maximum atomic E-state index is 14.4. The summed E-state index contributed by atoms with van der Waals surface area (Å²) in [5.41, 5.74) is 1.79. The number of phosphoric ester groups is 2. The predicted molar refractivity (Wildman–Crippen MR) is 207 cm³/mol. The highest BCUT2D eigenvalue weighted by molar-refractivity contribution is 7.47. The van der Waals surface area contributed by atoms with Crippen LogP contribution in [0, 0.1) is 17.6 Å². The van der Waals surface area contributed by atoms with E-state index < -0.39 is 64.3 Å². The first-order valence-corrected chi connectivity index (χ1v) is 21.6. The molecule has 0 spiro atoms. The van der Waals surface area contributed by atoms with E-state index in [1.807, 2.05) is 62.4 Å². The number of halogens is 2. The number of rotatable bonds is 18. The van der Waals surface area contributed by atoms with Crippen molar-refractivity contribution < 1.29 is 60.4 Å². The van der Waals surface area contributed by atoms with Crippen molar-refractivity contribution in [2.45, 2.75) is 51.4 Å². The summed E-state index contributed by atoms with van der Waals surface area (Å²) >= 11 is 0. The molecule has 21 heteroatoms. The third-order valence-electron chi connectivity index (χ3n) is 10.2. The van der Waals surface area contributed by atoms with Crippen molar-refractivity contribution in [3.05, 3.63) is 101 Å². The standard InChI is InChI=1S/C37H47F2N5O12P2/c1-4-35(26(2)52-24-55-58(49,50)56-25-54-57(46,47)48)44-36(45)43(23-40-44)31-8-6-29(7-9-31)41-15-17-42(18-16-41)30-10-12-32(13-11-30)51-21-27-20-37(3,53-22-27)33-14-5-28(38)19-34(33)39/h5-14,19,23,26-27,35H,4,15-18,20-22,24-25H2,1-3H3,(H,49,50)(H2,46,47,48)/t26-,27+,35-,37+/m0/s1. The fraction of sp³-hybridized carbons (Fsp3) is 0.459. The number of benzene rings is 3. The summed E-state index contributed by atoms with van der Waals surface area (Å²) < 4.78 is 83.7. The lowest BCUT2D eigenvalue weighted by molar-refractivity contribution is -0.0690. The van der Waals surface area contributed by atoms with Gasteiger partial charge in [-0.1, -0.05) is 13.0 Å². The van der Waals surface area contributed by atoms with Crippen LogP contribution in [-0.4, -0.2) is 88.1 Å². The molecule has 0 aliphatic carbocycles. The van der Waals surface area contributed by atoms with Gasteiger partial charge < -0.3 is 38.7 Å². The number of nitrogens with zero attached hydrogens (tertiary/aromatic N) is 5. The third-order valence-corrected chi connectivity index (χ3v) is 11.5. The minimum absolute atomic E-state index is 0.0575. The Kier molecular flexibility index (Phi) is 13.9. The predicted octanol–water partition coefficient (Wildman–Crippen LogP) is 5.48. The minimum atomic E-state index is -4.91. The number of ether oxygens (including phenoxy) is 3. The van der Waals surface area contributed by atoms with Crippen LogP contribution >= 0.6 is 15.6 Å². The van der Waals surface area contributed by atoms with Crippen molar-refractivity contribution in [1.29, 1.82) is 0 Å². The number of phosphoric acid groups is 2. The van der Waals surface area contributed by atoms with E-state index >= 15 is 0 Å². The molecule has 0 radical (unpaired) electrons. The average Bonchev–Trinajstić information content (AvgIpc) is 3.76. The number of piperazine rings is 1. The Labute approximate surface area is 333 Å². The highest BCUT2D eigenvalue weighted by atomic mass is 31.2. The molecule has 1 unspecified atom stereocenters. The molecular weight excluding hydrogens is 806 g/mol. The van der Waals surface area contributed by atoms with Gasteiger partial charge in [-0.05, 0) is 81.3 Å². The van der Waals surface area contributed by atoms with Gasteiger partial charge in [-0.25, -0.2) is 32.0 Å². The third kappa shape index (κ3) is 11.0. The van der Waals surface area contributed by atoms with Crippen LogP contribution in [0.1, 0.15) is 45.2 Å². The van der Waals surface area contributed by atoms with Gasteiger partial charge in [0.2, 0.25) is 0 Å². The summed E-state index contributed by atoms with van der Waals surface area (Å²) in [5, 5.41) is 4.29. The topological polar surface area (TPSA) is 197 Å². The smallest absolute Gasteiger partial charge is 0.476 e. The molecule has 2 saturated heterocycles. The van der Waals surface area contributed by atoms with Gasteiger partial charge in [-0.3, -0.25) is 13.6 Å². The SMILES string of the molecule is CC[C@@H]([C@H](C)OCOP(=O)(O)OCOP(=O)(O)O)n1ncn(-c2ccc(N3CCN(c4ccc(OC[C@@H]5CO[C@@](C)(c6ccc(F)cc6F)C5)cc4)CC3)cc2)c1=O. The van der Waals surface area contributed by atoms with Crippen LogP contribution in [0.4, 0.5) is 20.2 Å². The van der Waals surface area contributed by atoms with Crippen molar-refractivity contribution in [3.63, 3.8) is 0 Å². The van der Waals surface area contributed by atoms with Crippen molar-refractivity contribution in [3.8, 4) is 11.4 Å². The normalized spacial score (nSPS) is 20.9. The first-order chi connectivity index (χ1) is 27.5. The van der Waals surface area contributed by atoms with Crippen LogP contribution in [0.25, 0.3) is 5.69 Å². The van der Waals surface area contributed by atoms with E-state index in [9.17, 15) is 27.6 Å². The molecule has 316 valence electrons. The zero-order valence-electron chi connectivity index (χ0n) is 32.1.